The highest BCUT2D eigenvalue weighted by Crippen LogP contribution is 2.26. The minimum Gasteiger partial charge on any atom is -0.396 e. The van der Waals surface area contributed by atoms with Crippen LogP contribution in [0.15, 0.2) is 24.3 Å². The highest BCUT2D eigenvalue weighted by Gasteiger charge is 2.30. The largest absolute Gasteiger partial charge is 0.396 e. The van der Waals surface area contributed by atoms with Gasteiger partial charge in [-0.15, -0.1) is 0 Å². The number of amides is 1. The third-order valence-electron chi connectivity index (χ3n) is 3.63. The van der Waals surface area contributed by atoms with Crippen molar-refractivity contribution in [3.63, 3.8) is 0 Å². The molecular formula is C14H19FN2O2. The fourth-order valence-corrected chi connectivity index (χ4v) is 2.68. The van der Waals surface area contributed by atoms with Crippen molar-refractivity contribution in [1.29, 1.82) is 0 Å². The van der Waals surface area contributed by atoms with Crippen molar-refractivity contribution < 1.29 is 14.3 Å². The van der Waals surface area contributed by atoms with Gasteiger partial charge in [-0.1, -0.05) is 12.1 Å². The molecule has 2 rings (SSSR count). The fourth-order valence-electron chi connectivity index (χ4n) is 2.68. The van der Waals surface area contributed by atoms with E-state index < -0.39 is 11.9 Å². The standard InChI is InChI=1S/C14H19FN2O2/c15-12-5-3-11(4-6-12)13(14(16)19)17-7-1-2-10(8-17)9-18/h3-6,10,13,18H,1-2,7-9H2,(H2,16,19)/t10-,13?/m0/s1. The van der Waals surface area contributed by atoms with Gasteiger partial charge in [-0.3, -0.25) is 9.69 Å². The van der Waals surface area contributed by atoms with Crippen molar-refractivity contribution in [2.24, 2.45) is 11.7 Å². The van der Waals surface area contributed by atoms with E-state index in [4.69, 9.17) is 5.73 Å². The first-order valence-electron chi connectivity index (χ1n) is 6.51. The van der Waals surface area contributed by atoms with Crippen LogP contribution in [-0.2, 0) is 4.79 Å². The summed E-state index contributed by atoms with van der Waals surface area (Å²) in [5.41, 5.74) is 6.19. The monoisotopic (exact) mass is 266 g/mol. The first-order chi connectivity index (χ1) is 9.11. The lowest BCUT2D eigenvalue weighted by atomic mass is 9.95. The van der Waals surface area contributed by atoms with Gasteiger partial charge in [0.2, 0.25) is 5.91 Å². The molecule has 0 aromatic heterocycles. The Labute approximate surface area is 112 Å². The van der Waals surface area contributed by atoms with Gasteiger partial charge in [0.25, 0.3) is 0 Å². The van der Waals surface area contributed by atoms with Gasteiger partial charge in [0, 0.05) is 13.2 Å². The van der Waals surface area contributed by atoms with E-state index >= 15 is 0 Å². The van der Waals surface area contributed by atoms with Gasteiger partial charge >= 0.3 is 0 Å². The maximum absolute atomic E-state index is 12.9. The number of hydrogen-bond acceptors (Lipinski definition) is 3. The van der Waals surface area contributed by atoms with Gasteiger partial charge < -0.3 is 10.8 Å². The van der Waals surface area contributed by atoms with E-state index in [9.17, 15) is 14.3 Å². The zero-order valence-electron chi connectivity index (χ0n) is 10.8. The molecule has 1 saturated heterocycles. The predicted molar refractivity (Wildman–Crippen MR) is 69.7 cm³/mol. The van der Waals surface area contributed by atoms with Gasteiger partial charge in [-0.25, -0.2) is 4.39 Å². The molecule has 4 nitrogen and oxygen atoms in total. The Morgan fingerprint density at radius 3 is 2.74 bits per heavy atom. The van der Waals surface area contributed by atoms with Crippen molar-refractivity contribution in [3.8, 4) is 0 Å². The number of aliphatic hydroxyl groups is 1. The second-order valence-electron chi connectivity index (χ2n) is 5.04. The molecular weight excluding hydrogens is 247 g/mol. The topological polar surface area (TPSA) is 66.6 Å². The van der Waals surface area contributed by atoms with Crippen LogP contribution in [0.1, 0.15) is 24.4 Å². The second kappa shape index (κ2) is 6.12. The molecule has 1 amide bonds. The first kappa shape index (κ1) is 14.0. The lowest BCUT2D eigenvalue weighted by Crippen LogP contribution is -2.44. The highest BCUT2D eigenvalue weighted by atomic mass is 19.1. The van der Waals surface area contributed by atoms with Crippen molar-refractivity contribution in [2.75, 3.05) is 19.7 Å². The molecule has 1 aliphatic rings. The third-order valence-corrected chi connectivity index (χ3v) is 3.63. The number of rotatable bonds is 4. The summed E-state index contributed by atoms with van der Waals surface area (Å²) in [6.07, 6.45) is 1.89. The zero-order chi connectivity index (χ0) is 13.8. The average Bonchev–Trinajstić information content (AvgIpc) is 2.41. The van der Waals surface area contributed by atoms with E-state index in [0.29, 0.717) is 12.1 Å². The number of halogens is 1. The Bertz CT molecular complexity index is 436. The Hall–Kier alpha value is -1.46. The second-order valence-corrected chi connectivity index (χ2v) is 5.04. The first-order valence-corrected chi connectivity index (χ1v) is 6.51. The van der Waals surface area contributed by atoms with Crippen LogP contribution < -0.4 is 5.73 Å². The highest BCUT2D eigenvalue weighted by molar-refractivity contribution is 5.81. The van der Waals surface area contributed by atoms with Gasteiger partial charge in [-0.2, -0.15) is 0 Å². The van der Waals surface area contributed by atoms with E-state index in [1.54, 1.807) is 12.1 Å². The summed E-state index contributed by atoms with van der Waals surface area (Å²) in [5.74, 6) is -0.597. The van der Waals surface area contributed by atoms with E-state index in [0.717, 1.165) is 19.4 Å². The maximum atomic E-state index is 12.9. The number of carbonyl (C=O) groups excluding carboxylic acids is 1. The fraction of sp³-hybridized carbons (Fsp3) is 0.500. The molecule has 1 fully saturated rings. The molecule has 1 heterocycles. The molecule has 2 atom stereocenters. The van der Waals surface area contributed by atoms with Crippen LogP contribution in [0.5, 0.6) is 0 Å². The predicted octanol–water partition coefficient (Wildman–Crippen LogP) is 1.06. The van der Waals surface area contributed by atoms with E-state index in [1.165, 1.54) is 12.1 Å². The van der Waals surface area contributed by atoms with Crippen LogP contribution in [0, 0.1) is 11.7 Å². The van der Waals surface area contributed by atoms with Crippen LogP contribution in [0.4, 0.5) is 4.39 Å². The molecule has 0 aliphatic carbocycles. The number of nitrogens with zero attached hydrogens (tertiary/aromatic N) is 1. The number of carbonyl (C=O) groups is 1. The number of likely N-dealkylation sites (tertiary alicyclic amines) is 1. The summed E-state index contributed by atoms with van der Waals surface area (Å²) in [6.45, 7) is 1.52. The number of benzene rings is 1. The van der Waals surface area contributed by atoms with Gasteiger partial charge in [0.05, 0.1) is 0 Å². The van der Waals surface area contributed by atoms with Crippen LogP contribution in [0.3, 0.4) is 0 Å². The quantitative estimate of drug-likeness (QED) is 0.856. The molecule has 0 bridgehead atoms. The lowest BCUT2D eigenvalue weighted by molar-refractivity contribution is -0.124. The Balaban J connectivity index is 2.20. The van der Waals surface area contributed by atoms with E-state index in [-0.39, 0.29) is 18.3 Å². The summed E-state index contributed by atoms with van der Waals surface area (Å²) in [4.78, 5) is 13.7. The Kier molecular flexibility index (Phi) is 4.50. The third kappa shape index (κ3) is 3.30. The molecule has 5 heteroatoms. The van der Waals surface area contributed by atoms with Gasteiger partial charge in [0.1, 0.15) is 11.9 Å². The molecule has 0 saturated carbocycles. The summed E-state index contributed by atoms with van der Waals surface area (Å²) in [5, 5.41) is 9.24. The Morgan fingerprint density at radius 2 is 2.16 bits per heavy atom. The van der Waals surface area contributed by atoms with Crippen LogP contribution in [0.2, 0.25) is 0 Å². The molecule has 104 valence electrons. The molecule has 19 heavy (non-hydrogen) atoms. The van der Waals surface area contributed by atoms with Crippen molar-refractivity contribution in [2.45, 2.75) is 18.9 Å². The number of primary amides is 1. The van der Waals surface area contributed by atoms with Crippen LogP contribution in [0.25, 0.3) is 0 Å². The number of piperidine rings is 1. The molecule has 0 radical (unpaired) electrons. The minimum atomic E-state index is -0.546. The van der Waals surface area contributed by atoms with Gasteiger partial charge in [-0.05, 0) is 43.0 Å². The molecule has 3 N–H and O–H groups in total. The van der Waals surface area contributed by atoms with Gasteiger partial charge in [0.15, 0.2) is 0 Å². The molecule has 1 aromatic rings. The molecule has 1 aliphatic heterocycles. The molecule has 1 aromatic carbocycles. The van der Waals surface area contributed by atoms with E-state index in [1.807, 2.05) is 4.90 Å². The lowest BCUT2D eigenvalue weighted by Gasteiger charge is -2.36. The Morgan fingerprint density at radius 1 is 1.47 bits per heavy atom. The number of nitrogens with two attached hydrogens (primary N) is 1. The van der Waals surface area contributed by atoms with Crippen molar-refractivity contribution in [3.05, 3.63) is 35.6 Å². The average molecular weight is 266 g/mol. The maximum Gasteiger partial charge on any atom is 0.239 e. The van der Waals surface area contributed by atoms with Crippen LogP contribution in [-0.4, -0.2) is 35.6 Å². The zero-order valence-corrected chi connectivity index (χ0v) is 10.8. The minimum absolute atomic E-state index is 0.116. The smallest absolute Gasteiger partial charge is 0.239 e. The SMILES string of the molecule is NC(=O)C(c1ccc(F)cc1)N1CCC[C@H](CO)C1. The van der Waals surface area contributed by atoms with E-state index in [2.05, 4.69) is 0 Å². The normalized spacial score (nSPS) is 22.1. The molecule has 1 unspecified atom stereocenters. The summed E-state index contributed by atoms with van der Waals surface area (Å²) >= 11 is 0. The summed E-state index contributed by atoms with van der Waals surface area (Å²) in [6, 6.07) is 5.30. The summed E-state index contributed by atoms with van der Waals surface area (Å²) in [7, 11) is 0. The van der Waals surface area contributed by atoms with Crippen LogP contribution >= 0.6 is 0 Å². The number of hydrogen-bond donors (Lipinski definition) is 2. The van der Waals surface area contributed by atoms with Crippen molar-refractivity contribution >= 4 is 5.91 Å². The number of aliphatic hydroxyl groups excluding tert-OH is 1. The molecule has 0 spiro atoms. The summed E-state index contributed by atoms with van der Waals surface area (Å²) < 4.78 is 12.9. The van der Waals surface area contributed by atoms with Crippen molar-refractivity contribution in [1.82, 2.24) is 4.90 Å².